The van der Waals surface area contributed by atoms with E-state index in [0.29, 0.717) is 6.54 Å². The molecular weight excluding hydrogens is 274 g/mol. The van der Waals surface area contributed by atoms with Crippen molar-refractivity contribution in [2.45, 2.75) is 12.6 Å². The topological polar surface area (TPSA) is 38.3 Å². The maximum absolute atomic E-state index is 11.8. The first-order chi connectivity index (χ1) is 9.31. The van der Waals surface area contributed by atoms with E-state index in [4.69, 9.17) is 4.74 Å². The number of halogens is 1. The standard InChI is InChI=1S/C16H17NO2.ClH/c1-19-16(18)15(14-10-6-3-7-11-14)17-12-13-8-4-2-5-9-13;/h2-11,15,17H,12H2,1H3;1H/t15-;/m0./s1. The zero-order chi connectivity index (χ0) is 13.5. The van der Waals surface area contributed by atoms with E-state index in [1.54, 1.807) is 0 Å². The fourth-order valence-electron chi connectivity index (χ4n) is 1.92. The summed E-state index contributed by atoms with van der Waals surface area (Å²) in [5.74, 6) is -0.276. The molecule has 0 unspecified atom stereocenters. The number of esters is 1. The molecule has 0 heterocycles. The zero-order valence-corrected chi connectivity index (χ0v) is 12.1. The van der Waals surface area contributed by atoms with Gasteiger partial charge in [0.1, 0.15) is 6.04 Å². The Morgan fingerprint density at radius 1 is 1.05 bits per heavy atom. The van der Waals surface area contributed by atoms with Crippen molar-refractivity contribution >= 4 is 18.4 Å². The molecule has 0 spiro atoms. The molecule has 0 aliphatic heterocycles. The van der Waals surface area contributed by atoms with Crippen molar-refractivity contribution in [1.82, 2.24) is 5.32 Å². The summed E-state index contributed by atoms with van der Waals surface area (Å²) >= 11 is 0. The van der Waals surface area contributed by atoms with Gasteiger partial charge in [-0.25, -0.2) is 4.79 Å². The quantitative estimate of drug-likeness (QED) is 0.860. The predicted molar refractivity (Wildman–Crippen MR) is 81.7 cm³/mol. The highest BCUT2D eigenvalue weighted by atomic mass is 35.5. The van der Waals surface area contributed by atoms with E-state index in [0.717, 1.165) is 11.1 Å². The lowest BCUT2D eigenvalue weighted by atomic mass is 10.1. The van der Waals surface area contributed by atoms with Gasteiger partial charge in [0, 0.05) is 6.54 Å². The maximum atomic E-state index is 11.8. The van der Waals surface area contributed by atoms with Crippen molar-refractivity contribution in [3.05, 3.63) is 71.8 Å². The summed E-state index contributed by atoms with van der Waals surface area (Å²) in [5, 5.41) is 3.23. The highest BCUT2D eigenvalue weighted by molar-refractivity contribution is 5.85. The third-order valence-electron chi connectivity index (χ3n) is 2.92. The highest BCUT2D eigenvalue weighted by Gasteiger charge is 2.20. The Morgan fingerprint density at radius 2 is 1.60 bits per heavy atom. The number of methoxy groups -OCH3 is 1. The summed E-state index contributed by atoms with van der Waals surface area (Å²) in [5.41, 5.74) is 2.04. The zero-order valence-electron chi connectivity index (χ0n) is 11.3. The van der Waals surface area contributed by atoms with Crippen molar-refractivity contribution in [2.24, 2.45) is 0 Å². The Labute approximate surface area is 125 Å². The molecule has 0 fully saturated rings. The monoisotopic (exact) mass is 291 g/mol. The average Bonchev–Trinajstić information content (AvgIpc) is 2.49. The molecule has 2 aromatic carbocycles. The van der Waals surface area contributed by atoms with Gasteiger partial charge in [0.2, 0.25) is 0 Å². The van der Waals surface area contributed by atoms with Gasteiger partial charge in [-0.3, -0.25) is 5.32 Å². The molecular formula is C16H18ClNO2. The Kier molecular flexibility index (Phi) is 6.77. The van der Waals surface area contributed by atoms with E-state index in [-0.39, 0.29) is 18.4 Å². The number of carbonyl (C=O) groups excluding carboxylic acids is 1. The van der Waals surface area contributed by atoms with Crippen LogP contribution >= 0.6 is 12.4 Å². The van der Waals surface area contributed by atoms with Gasteiger partial charge >= 0.3 is 5.97 Å². The molecule has 0 aliphatic carbocycles. The van der Waals surface area contributed by atoms with E-state index in [9.17, 15) is 4.79 Å². The van der Waals surface area contributed by atoms with Crippen molar-refractivity contribution in [3.63, 3.8) is 0 Å². The molecule has 0 saturated heterocycles. The summed E-state index contributed by atoms with van der Waals surface area (Å²) < 4.78 is 4.85. The maximum Gasteiger partial charge on any atom is 0.327 e. The van der Waals surface area contributed by atoms with Crippen molar-refractivity contribution < 1.29 is 9.53 Å². The number of rotatable bonds is 5. The van der Waals surface area contributed by atoms with Gasteiger partial charge in [-0.2, -0.15) is 0 Å². The van der Waals surface area contributed by atoms with Crippen molar-refractivity contribution in [3.8, 4) is 0 Å². The van der Waals surface area contributed by atoms with Gasteiger partial charge < -0.3 is 4.74 Å². The molecule has 0 radical (unpaired) electrons. The van der Waals surface area contributed by atoms with Crippen LogP contribution in [0.2, 0.25) is 0 Å². The number of hydrogen-bond donors (Lipinski definition) is 1. The summed E-state index contributed by atoms with van der Waals surface area (Å²) in [6, 6.07) is 19.1. The third-order valence-corrected chi connectivity index (χ3v) is 2.92. The SMILES string of the molecule is COC(=O)[C@@H](NCc1ccccc1)c1ccccc1.Cl. The normalized spacial score (nSPS) is 11.2. The smallest absolute Gasteiger partial charge is 0.327 e. The van der Waals surface area contributed by atoms with Crippen molar-refractivity contribution in [1.29, 1.82) is 0 Å². The molecule has 2 rings (SSSR count). The van der Waals surface area contributed by atoms with E-state index in [2.05, 4.69) is 5.32 Å². The van der Waals surface area contributed by atoms with Crippen LogP contribution in [0.1, 0.15) is 17.2 Å². The van der Waals surface area contributed by atoms with E-state index in [1.165, 1.54) is 7.11 Å². The van der Waals surface area contributed by atoms with Gasteiger partial charge in [0.05, 0.1) is 7.11 Å². The summed E-state index contributed by atoms with van der Waals surface area (Å²) in [4.78, 5) is 11.8. The fourth-order valence-corrected chi connectivity index (χ4v) is 1.92. The molecule has 0 saturated carbocycles. The Balaban J connectivity index is 0.00000200. The number of nitrogens with one attached hydrogen (secondary N) is 1. The van der Waals surface area contributed by atoms with Crippen LogP contribution in [0.25, 0.3) is 0 Å². The molecule has 1 N–H and O–H groups in total. The van der Waals surface area contributed by atoms with E-state index >= 15 is 0 Å². The second kappa shape index (κ2) is 8.35. The minimum absolute atomic E-state index is 0. The van der Waals surface area contributed by atoms with Gasteiger partial charge in [0.15, 0.2) is 0 Å². The fraction of sp³-hybridized carbons (Fsp3) is 0.188. The van der Waals surface area contributed by atoms with Crippen LogP contribution in [0.4, 0.5) is 0 Å². The predicted octanol–water partition coefficient (Wildman–Crippen LogP) is 3.11. The molecule has 0 aliphatic rings. The van der Waals surface area contributed by atoms with E-state index in [1.807, 2.05) is 60.7 Å². The lowest BCUT2D eigenvalue weighted by Crippen LogP contribution is -2.29. The largest absolute Gasteiger partial charge is 0.468 e. The molecule has 1 atom stereocenters. The molecule has 0 bridgehead atoms. The molecule has 4 heteroatoms. The second-order valence-electron chi connectivity index (χ2n) is 4.23. The molecule has 2 aromatic rings. The first kappa shape index (κ1) is 16.2. The molecule has 20 heavy (non-hydrogen) atoms. The van der Waals surface area contributed by atoms with Crippen LogP contribution < -0.4 is 5.32 Å². The van der Waals surface area contributed by atoms with Gasteiger partial charge in [-0.05, 0) is 11.1 Å². The third kappa shape index (κ3) is 4.37. The number of hydrogen-bond acceptors (Lipinski definition) is 3. The van der Waals surface area contributed by atoms with Crippen molar-refractivity contribution in [2.75, 3.05) is 7.11 Å². The Hall–Kier alpha value is -1.84. The second-order valence-corrected chi connectivity index (χ2v) is 4.23. The van der Waals surface area contributed by atoms with Gasteiger partial charge in [0.25, 0.3) is 0 Å². The summed E-state index contributed by atoms with van der Waals surface area (Å²) in [7, 11) is 1.41. The lowest BCUT2D eigenvalue weighted by molar-refractivity contribution is -0.143. The van der Waals surface area contributed by atoms with Crippen LogP contribution in [0, 0.1) is 0 Å². The first-order valence-electron chi connectivity index (χ1n) is 6.21. The minimum Gasteiger partial charge on any atom is -0.468 e. The molecule has 3 nitrogen and oxygen atoms in total. The van der Waals surface area contributed by atoms with Crippen LogP contribution in [-0.2, 0) is 16.1 Å². The van der Waals surface area contributed by atoms with Gasteiger partial charge in [-0.1, -0.05) is 60.7 Å². The minimum atomic E-state index is -0.439. The van der Waals surface area contributed by atoms with Crippen LogP contribution in [0.3, 0.4) is 0 Å². The summed E-state index contributed by atoms with van der Waals surface area (Å²) in [6.45, 7) is 0.621. The molecule has 106 valence electrons. The van der Waals surface area contributed by atoms with Crippen LogP contribution in [0.15, 0.2) is 60.7 Å². The number of benzene rings is 2. The number of carbonyl (C=O) groups is 1. The van der Waals surface area contributed by atoms with E-state index < -0.39 is 6.04 Å². The number of ether oxygens (including phenoxy) is 1. The average molecular weight is 292 g/mol. The molecule has 0 aromatic heterocycles. The Bertz CT molecular complexity index is 517. The first-order valence-corrected chi connectivity index (χ1v) is 6.21. The van der Waals surface area contributed by atoms with Crippen LogP contribution in [0.5, 0.6) is 0 Å². The lowest BCUT2D eigenvalue weighted by Gasteiger charge is -2.16. The molecule has 0 amide bonds. The summed E-state index contributed by atoms with van der Waals surface area (Å²) in [6.07, 6.45) is 0. The van der Waals surface area contributed by atoms with Crippen LogP contribution in [-0.4, -0.2) is 13.1 Å². The van der Waals surface area contributed by atoms with Gasteiger partial charge in [-0.15, -0.1) is 12.4 Å². The Morgan fingerprint density at radius 3 is 2.15 bits per heavy atom. The highest BCUT2D eigenvalue weighted by Crippen LogP contribution is 2.15.